The summed E-state index contributed by atoms with van der Waals surface area (Å²) in [5.74, 6) is -0.0278. The molecule has 0 saturated heterocycles. The molecule has 0 spiro atoms. The largest absolute Gasteiger partial charge is 0.312 e. The van der Waals surface area contributed by atoms with Gasteiger partial charge in [-0.05, 0) is 30.5 Å². The van der Waals surface area contributed by atoms with Gasteiger partial charge in [0.15, 0.2) is 9.84 Å². The second-order valence-corrected chi connectivity index (χ2v) is 8.99. The Hall–Kier alpha value is -0.290. The summed E-state index contributed by atoms with van der Waals surface area (Å²) in [6.45, 7) is 8.87. The van der Waals surface area contributed by atoms with Gasteiger partial charge in [0.2, 0.25) is 0 Å². The fourth-order valence-electron chi connectivity index (χ4n) is 2.02. The fourth-order valence-corrected chi connectivity index (χ4v) is 5.07. The summed E-state index contributed by atoms with van der Waals surface area (Å²) >= 11 is 12.1. The maximum atomic E-state index is 12.7. The van der Waals surface area contributed by atoms with E-state index >= 15 is 0 Å². The third-order valence-electron chi connectivity index (χ3n) is 3.30. The van der Waals surface area contributed by atoms with Crippen LogP contribution in [0.5, 0.6) is 0 Å². The summed E-state index contributed by atoms with van der Waals surface area (Å²) in [4.78, 5) is 0.0286. The van der Waals surface area contributed by atoms with E-state index in [9.17, 15) is 8.42 Å². The highest BCUT2D eigenvalue weighted by molar-refractivity contribution is 7.91. The molecular formula is C15H23Cl2NO2S. The molecule has 0 aliphatic heterocycles. The average Bonchev–Trinajstić information content (AvgIpc) is 2.32. The minimum atomic E-state index is -3.56. The molecule has 0 fully saturated rings. The Morgan fingerprint density at radius 1 is 1.19 bits per heavy atom. The van der Waals surface area contributed by atoms with Crippen molar-refractivity contribution in [2.75, 3.05) is 12.3 Å². The maximum absolute atomic E-state index is 12.7. The molecule has 1 aromatic rings. The van der Waals surface area contributed by atoms with Crippen molar-refractivity contribution in [3.8, 4) is 0 Å². The highest BCUT2D eigenvalue weighted by atomic mass is 35.5. The summed E-state index contributed by atoms with van der Waals surface area (Å²) in [6, 6.07) is 4.56. The first-order chi connectivity index (χ1) is 9.59. The maximum Gasteiger partial charge on any atom is 0.182 e. The Morgan fingerprint density at radius 2 is 1.71 bits per heavy atom. The number of hydrogen-bond donors (Lipinski definition) is 1. The molecule has 1 rings (SSSR count). The van der Waals surface area contributed by atoms with E-state index < -0.39 is 9.84 Å². The summed E-state index contributed by atoms with van der Waals surface area (Å²) in [5.41, 5.74) is -0.185. The van der Waals surface area contributed by atoms with Crippen molar-refractivity contribution >= 4 is 33.0 Å². The first-order valence-corrected chi connectivity index (χ1v) is 9.40. The van der Waals surface area contributed by atoms with Gasteiger partial charge in [-0.1, -0.05) is 57.0 Å². The lowest BCUT2D eigenvalue weighted by Crippen LogP contribution is -2.45. The van der Waals surface area contributed by atoms with Crippen molar-refractivity contribution < 1.29 is 8.42 Å². The highest BCUT2D eigenvalue weighted by Crippen LogP contribution is 2.32. The van der Waals surface area contributed by atoms with Crippen LogP contribution in [0, 0.1) is 5.41 Å². The van der Waals surface area contributed by atoms with E-state index in [4.69, 9.17) is 23.2 Å². The molecule has 0 aliphatic rings. The molecule has 21 heavy (non-hydrogen) atoms. The van der Waals surface area contributed by atoms with Crippen molar-refractivity contribution in [2.45, 2.75) is 45.1 Å². The predicted octanol–water partition coefficient (Wildman–Crippen LogP) is 4.18. The molecule has 1 aromatic carbocycles. The molecular weight excluding hydrogens is 329 g/mol. The highest BCUT2D eigenvalue weighted by Gasteiger charge is 2.32. The van der Waals surface area contributed by atoms with Gasteiger partial charge in [-0.2, -0.15) is 0 Å². The van der Waals surface area contributed by atoms with Gasteiger partial charge in [0.1, 0.15) is 4.90 Å². The molecule has 0 bridgehead atoms. The Labute approximate surface area is 137 Å². The van der Waals surface area contributed by atoms with Gasteiger partial charge in [0, 0.05) is 6.04 Å². The van der Waals surface area contributed by atoms with Gasteiger partial charge >= 0.3 is 0 Å². The summed E-state index contributed by atoms with van der Waals surface area (Å²) in [7, 11) is -3.56. The van der Waals surface area contributed by atoms with Crippen LogP contribution in [0.15, 0.2) is 23.1 Å². The van der Waals surface area contributed by atoms with Gasteiger partial charge in [0.05, 0.1) is 15.8 Å². The van der Waals surface area contributed by atoms with Crippen LogP contribution in [0.4, 0.5) is 0 Å². The van der Waals surface area contributed by atoms with Crippen LogP contribution in [0.25, 0.3) is 0 Å². The van der Waals surface area contributed by atoms with Gasteiger partial charge in [-0.15, -0.1) is 0 Å². The monoisotopic (exact) mass is 351 g/mol. The molecule has 1 unspecified atom stereocenters. The van der Waals surface area contributed by atoms with Crippen LogP contribution < -0.4 is 5.32 Å². The van der Waals surface area contributed by atoms with Crippen LogP contribution in [0.1, 0.15) is 34.1 Å². The number of hydrogen-bond acceptors (Lipinski definition) is 3. The van der Waals surface area contributed by atoms with Crippen LogP contribution in [-0.4, -0.2) is 26.8 Å². The van der Waals surface area contributed by atoms with E-state index in [-0.39, 0.29) is 32.2 Å². The molecule has 0 amide bonds. The van der Waals surface area contributed by atoms with Gasteiger partial charge in [-0.3, -0.25) is 0 Å². The normalized spacial score (nSPS) is 14.2. The Morgan fingerprint density at radius 3 is 2.14 bits per heavy atom. The van der Waals surface area contributed by atoms with Crippen molar-refractivity contribution in [1.29, 1.82) is 0 Å². The lowest BCUT2D eigenvalue weighted by atomic mass is 9.88. The Bertz CT molecular complexity index is 560. The van der Waals surface area contributed by atoms with E-state index in [2.05, 4.69) is 5.32 Å². The minimum Gasteiger partial charge on any atom is -0.312 e. The topological polar surface area (TPSA) is 46.2 Å². The van der Waals surface area contributed by atoms with Crippen LogP contribution in [-0.2, 0) is 9.84 Å². The molecule has 1 N–H and O–H groups in total. The third-order valence-corrected chi connectivity index (χ3v) is 5.99. The van der Waals surface area contributed by atoms with Gasteiger partial charge in [0.25, 0.3) is 0 Å². The third kappa shape index (κ3) is 5.13. The van der Waals surface area contributed by atoms with Gasteiger partial charge < -0.3 is 5.32 Å². The molecule has 0 aliphatic carbocycles. The van der Waals surface area contributed by atoms with Crippen LogP contribution >= 0.6 is 23.2 Å². The quantitative estimate of drug-likeness (QED) is 0.835. The summed E-state index contributed by atoms with van der Waals surface area (Å²) in [5, 5.41) is 3.65. The zero-order valence-electron chi connectivity index (χ0n) is 12.9. The smallest absolute Gasteiger partial charge is 0.182 e. The number of sulfone groups is 1. The first kappa shape index (κ1) is 18.8. The van der Waals surface area contributed by atoms with E-state index in [1.807, 2.05) is 27.7 Å². The van der Waals surface area contributed by atoms with E-state index in [1.54, 1.807) is 18.2 Å². The number of halogens is 2. The molecule has 0 radical (unpaired) electrons. The molecule has 120 valence electrons. The van der Waals surface area contributed by atoms with Crippen molar-refractivity contribution in [3.63, 3.8) is 0 Å². The van der Waals surface area contributed by atoms with Crippen molar-refractivity contribution in [2.24, 2.45) is 5.41 Å². The fraction of sp³-hybridized carbons (Fsp3) is 0.600. The zero-order valence-corrected chi connectivity index (χ0v) is 15.2. The second-order valence-electron chi connectivity index (χ2n) is 6.20. The molecule has 1 atom stereocenters. The molecule has 3 nitrogen and oxygen atoms in total. The number of benzene rings is 1. The van der Waals surface area contributed by atoms with Crippen LogP contribution in [0.3, 0.4) is 0 Å². The lowest BCUT2D eigenvalue weighted by Gasteiger charge is -2.31. The van der Waals surface area contributed by atoms with E-state index in [0.717, 1.165) is 13.0 Å². The van der Waals surface area contributed by atoms with E-state index in [0.29, 0.717) is 0 Å². The number of rotatable bonds is 6. The Kier molecular flexibility index (Phi) is 6.54. The van der Waals surface area contributed by atoms with Crippen molar-refractivity contribution in [1.82, 2.24) is 5.32 Å². The van der Waals surface area contributed by atoms with Crippen molar-refractivity contribution in [3.05, 3.63) is 28.2 Å². The Balaban J connectivity index is 3.12. The minimum absolute atomic E-state index is 0.0278. The van der Waals surface area contributed by atoms with E-state index in [1.165, 1.54) is 0 Å². The second kappa shape index (κ2) is 7.32. The molecule has 0 saturated carbocycles. The standard InChI is InChI=1S/C15H23Cl2NO2S/c1-5-9-18-13(15(2,3)4)10-21(19,20)14-11(16)7-6-8-12(14)17/h6-8,13,18H,5,9-10H2,1-4H3. The molecule has 6 heteroatoms. The summed E-state index contributed by atoms with van der Waals surface area (Å²) in [6.07, 6.45) is 0.944. The van der Waals surface area contributed by atoms with Gasteiger partial charge in [-0.25, -0.2) is 8.42 Å². The SMILES string of the molecule is CCCNC(CS(=O)(=O)c1c(Cl)cccc1Cl)C(C)(C)C. The molecule has 0 heterocycles. The zero-order chi connectivity index (χ0) is 16.3. The first-order valence-electron chi connectivity index (χ1n) is 6.99. The predicted molar refractivity (Wildman–Crippen MR) is 90.1 cm³/mol. The lowest BCUT2D eigenvalue weighted by molar-refractivity contribution is 0.288. The summed E-state index contributed by atoms with van der Waals surface area (Å²) < 4.78 is 25.4. The van der Waals surface area contributed by atoms with Crippen LogP contribution in [0.2, 0.25) is 10.0 Å². The average molecular weight is 352 g/mol. The number of nitrogens with one attached hydrogen (secondary N) is 1. The molecule has 0 aromatic heterocycles.